The number of carbonyl (C=O) groups is 1. The molecule has 2 aliphatic heterocycles. The van der Waals surface area contributed by atoms with Crippen LogP contribution in [-0.4, -0.2) is 72.8 Å². The summed E-state index contributed by atoms with van der Waals surface area (Å²) in [5.74, 6) is -1.28. The van der Waals surface area contributed by atoms with Crippen LogP contribution in [0, 0.1) is 11.6 Å². The predicted molar refractivity (Wildman–Crippen MR) is 227 cm³/mol. The minimum atomic E-state index is -0.763. The third-order valence-electron chi connectivity index (χ3n) is 13.3. The van der Waals surface area contributed by atoms with E-state index in [4.69, 9.17) is 26.0 Å². The molecule has 0 bridgehead atoms. The minimum Gasteiger partial charge on any atom is -0.376 e. The maximum atomic E-state index is 16.1. The molecular formula is C45H41ClF2N10O5. The third-order valence-corrected chi connectivity index (χ3v) is 13.6. The van der Waals surface area contributed by atoms with Crippen molar-refractivity contribution in [3.8, 4) is 17.2 Å². The molecule has 1 saturated heterocycles. The first kappa shape index (κ1) is 39.3. The van der Waals surface area contributed by atoms with Gasteiger partial charge in [0.15, 0.2) is 11.6 Å². The van der Waals surface area contributed by atoms with Gasteiger partial charge in [0.25, 0.3) is 5.91 Å². The van der Waals surface area contributed by atoms with Gasteiger partial charge in [-0.15, -0.1) is 0 Å². The fraction of sp³-hybridized carbons (Fsp3) is 0.333. The molecule has 2 fully saturated rings. The van der Waals surface area contributed by atoms with Crippen LogP contribution in [0.1, 0.15) is 97.0 Å². The fourth-order valence-corrected chi connectivity index (χ4v) is 10.2. The Labute approximate surface area is 362 Å². The van der Waals surface area contributed by atoms with E-state index in [9.17, 15) is 14.0 Å². The summed E-state index contributed by atoms with van der Waals surface area (Å²) in [5, 5.41) is 13.4. The lowest BCUT2D eigenvalue weighted by atomic mass is 9.84. The van der Waals surface area contributed by atoms with E-state index in [0.717, 1.165) is 29.5 Å². The van der Waals surface area contributed by atoms with Gasteiger partial charge in [-0.3, -0.25) is 28.1 Å². The zero-order valence-electron chi connectivity index (χ0n) is 34.7. The number of aryl methyl sites for hydroxylation is 1. The first-order chi connectivity index (χ1) is 30.2. The molecule has 0 spiro atoms. The number of rotatable bonds is 7. The van der Waals surface area contributed by atoms with E-state index in [1.165, 1.54) is 56.7 Å². The number of nitrogens with one attached hydrogen (secondary N) is 1. The lowest BCUT2D eigenvalue weighted by Gasteiger charge is -2.35. The van der Waals surface area contributed by atoms with Crippen LogP contribution in [0.15, 0.2) is 87.6 Å². The molecule has 2 aromatic carbocycles. The summed E-state index contributed by atoms with van der Waals surface area (Å²) in [6.07, 6.45) is 11.7. The second-order valence-electron chi connectivity index (χ2n) is 17.5. The Hall–Kier alpha value is -6.59. The Balaban J connectivity index is 1.04. The Kier molecular flexibility index (Phi) is 8.70. The molecule has 3 aliphatic rings. The minimum absolute atomic E-state index is 0.0216. The van der Waals surface area contributed by atoms with Crippen LogP contribution in [0.5, 0.6) is 0 Å². The van der Waals surface area contributed by atoms with Crippen molar-refractivity contribution in [3.63, 3.8) is 0 Å². The molecule has 63 heavy (non-hydrogen) atoms. The van der Waals surface area contributed by atoms with Gasteiger partial charge < -0.3 is 14.0 Å². The molecule has 15 nitrogen and oxygen atoms in total. The smallest absolute Gasteiger partial charge is 0.376 e. The molecule has 1 aliphatic carbocycles. The highest BCUT2D eigenvalue weighted by Crippen LogP contribution is 2.55. The van der Waals surface area contributed by atoms with E-state index in [-0.39, 0.29) is 45.9 Å². The molecule has 0 radical (unpaired) electrons. The van der Waals surface area contributed by atoms with Crippen LogP contribution >= 0.6 is 11.6 Å². The van der Waals surface area contributed by atoms with Crippen LogP contribution in [0.3, 0.4) is 0 Å². The number of imidazole rings is 1. The number of ether oxygens (including phenoxy) is 1. The van der Waals surface area contributed by atoms with E-state index in [1.54, 1.807) is 22.7 Å². The molecule has 6 aromatic heterocycles. The number of amides is 1. The van der Waals surface area contributed by atoms with Crippen LogP contribution in [0.4, 0.5) is 8.78 Å². The number of hydrogen-bond donors (Lipinski definition) is 1. The van der Waals surface area contributed by atoms with Crippen molar-refractivity contribution in [1.29, 1.82) is 0 Å². The normalized spacial score (nSPS) is 19.3. The topological polar surface area (TPSA) is 155 Å². The zero-order chi connectivity index (χ0) is 43.7. The molecule has 322 valence electrons. The molecule has 8 aromatic rings. The van der Waals surface area contributed by atoms with Crippen molar-refractivity contribution in [3.05, 3.63) is 145 Å². The van der Waals surface area contributed by atoms with Crippen LogP contribution in [0.25, 0.3) is 33.6 Å². The molecule has 2 atom stereocenters. The SMILES string of the molecule is C[C@H]1c2c(nn(-c3ccc(F)c(Cl)c3)c2-n2ccn(-c3ccc4c(cnn4C)c3F)c2=O)CCN1C(=O)c1cn2cc([C@H]3CCOC(C)(C)C3)ccc2c1C1(c2noc(=O)[nH]2)CC1. The van der Waals surface area contributed by atoms with Gasteiger partial charge in [-0.2, -0.15) is 10.2 Å². The van der Waals surface area contributed by atoms with E-state index < -0.39 is 34.5 Å². The predicted octanol–water partition coefficient (Wildman–Crippen LogP) is 7.07. The van der Waals surface area contributed by atoms with E-state index >= 15 is 9.18 Å². The van der Waals surface area contributed by atoms with Crippen molar-refractivity contribution in [2.45, 2.75) is 75.9 Å². The lowest BCUT2D eigenvalue weighted by Crippen LogP contribution is -2.40. The molecule has 1 amide bonds. The van der Waals surface area contributed by atoms with Crippen LogP contribution in [0.2, 0.25) is 5.02 Å². The number of aromatic amines is 1. The van der Waals surface area contributed by atoms with E-state index in [0.29, 0.717) is 59.7 Å². The van der Waals surface area contributed by atoms with Gasteiger partial charge in [0.2, 0.25) is 0 Å². The van der Waals surface area contributed by atoms with E-state index in [1.807, 2.05) is 23.6 Å². The zero-order valence-corrected chi connectivity index (χ0v) is 35.5. The van der Waals surface area contributed by atoms with E-state index in [2.05, 4.69) is 41.4 Å². The van der Waals surface area contributed by atoms with Crippen molar-refractivity contribution in [2.24, 2.45) is 7.05 Å². The van der Waals surface area contributed by atoms with Crippen LogP contribution < -0.4 is 11.4 Å². The van der Waals surface area contributed by atoms with Gasteiger partial charge in [-0.1, -0.05) is 22.8 Å². The van der Waals surface area contributed by atoms with Crippen molar-refractivity contribution in [1.82, 2.24) is 48.1 Å². The number of fused-ring (bicyclic) bond motifs is 3. The largest absolute Gasteiger partial charge is 0.438 e. The van der Waals surface area contributed by atoms with Gasteiger partial charge in [-0.25, -0.2) is 23.1 Å². The van der Waals surface area contributed by atoms with Crippen LogP contribution in [-0.2, 0) is 23.6 Å². The average Bonchev–Trinajstić information content (AvgIpc) is 3.72. The number of aromatic nitrogens is 9. The second kappa shape index (κ2) is 14.0. The summed E-state index contributed by atoms with van der Waals surface area (Å²) in [4.78, 5) is 46.8. The summed E-state index contributed by atoms with van der Waals surface area (Å²) in [5.41, 5.74) is 3.65. The highest BCUT2D eigenvalue weighted by Gasteiger charge is 2.53. The Morgan fingerprint density at radius 1 is 1.02 bits per heavy atom. The summed E-state index contributed by atoms with van der Waals surface area (Å²) in [7, 11) is 1.71. The van der Waals surface area contributed by atoms with Crippen molar-refractivity contribution >= 4 is 33.9 Å². The number of halogens is 3. The molecule has 11 rings (SSSR count). The molecule has 1 saturated carbocycles. The third kappa shape index (κ3) is 6.07. The Morgan fingerprint density at radius 3 is 2.56 bits per heavy atom. The number of H-pyrrole nitrogens is 1. The number of carbonyl (C=O) groups excluding carboxylic acids is 1. The first-order valence-corrected chi connectivity index (χ1v) is 21.3. The maximum Gasteiger partial charge on any atom is 0.438 e. The van der Waals surface area contributed by atoms with Gasteiger partial charge in [0.05, 0.1) is 67.3 Å². The Morgan fingerprint density at radius 2 is 1.81 bits per heavy atom. The number of hydrogen-bond acceptors (Lipinski definition) is 8. The molecule has 1 N–H and O–H groups in total. The highest BCUT2D eigenvalue weighted by atomic mass is 35.5. The molecule has 18 heteroatoms. The standard InChI is InChI=1S/C45H41ClF2N10O5/c1-24-36-32(51-58(27-6-7-31(47)30(46)19-27)39(36)57-17-16-56(43(57)61)35-10-9-33-28(38(35)48)21-49-53(33)4)11-15-55(24)40(59)29-23-54-22-26(25-12-18-62-44(2,3)20-25)5-8-34(54)37(29)45(13-14-45)41-50-42(60)63-52-41/h5-10,16-17,19,21-25H,11-15,18,20H2,1-4H3,(H,50,52,60)/t24-,25-/m0/s1. The maximum absolute atomic E-state index is 16.1. The first-order valence-electron chi connectivity index (χ1n) is 20.9. The van der Waals surface area contributed by atoms with Gasteiger partial charge in [-0.05, 0) is 94.3 Å². The monoisotopic (exact) mass is 874 g/mol. The number of nitrogens with zero attached hydrogens (tertiary/aromatic N) is 9. The number of pyridine rings is 1. The second-order valence-corrected chi connectivity index (χ2v) is 17.9. The highest BCUT2D eigenvalue weighted by molar-refractivity contribution is 6.30. The van der Waals surface area contributed by atoms with Crippen molar-refractivity contribution in [2.75, 3.05) is 13.2 Å². The molecule has 8 heterocycles. The molecular weight excluding hydrogens is 834 g/mol. The molecule has 0 unspecified atom stereocenters. The summed E-state index contributed by atoms with van der Waals surface area (Å²) < 4.78 is 49.3. The number of benzene rings is 2. The summed E-state index contributed by atoms with van der Waals surface area (Å²) >= 11 is 6.31. The van der Waals surface area contributed by atoms with Gasteiger partial charge in [0.1, 0.15) is 11.6 Å². The fourth-order valence-electron chi connectivity index (χ4n) is 9.99. The van der Waals surface area contributed by atoms with Gasteiger partial charge >= 0.3 is 11.4 Å². The quantitative estimate of drug-likeness (QED) is 0.178. The Bertz CT molecular complexity index is 3310. The summed E-state index contributed by atoms with van der Waals surface area (Å²) in [6, 6.07) is 10.9. The summed E-state index contributed by atoms with van der Waals surface area (Å²) in [6.45, 7) is 7.00. The van der Waals surface area contributed by atoms with Gasteiger partial charge in [0, 0.05) is 62.5 Å². The van der Waals surface area contributed by atoms with Crippen molar-refractivity contribution < 1.29 is 22.8 Å². The average molecular weight is 875 g/mol. The lowest BCUT2D eigenvalue weighted by molar-refractivity contribution is -0.0593.